The minimum absolute atomic E-state index is 0.0122. The Hall–Kier alpha value is -1.11. The van der Waals surface area contributed by atoms with Crippen LogP contribution in [0.25, 0.3) is 0 Å². The van der Waals surface area contributed by atoms with E-state index in [4.69, 9.17) is 11.6 Å². The fourth-order valence-electron chi connectivity index (χ4n) is 3.17. The number of carbonyl (C=O) groups is 2. The number of sulfone groups is 1. The standard InChI is InChI=1S/C17H17ClO4S2/c1-2-23-13-5-3-4-12(19)15(13)17(20)11-6-7-14-10(16(11)18)8-9-24(14,21)22/h6-7H,2-5,8-9H2,1H3. The molecule has 7 heteroatoms. The molecule has 0 saturated carbocycles. The van der Waals surface area contributed by atoms with Crippen molar-refractivity contribution in [2.24, 2.45) is 0 Å². The Morgan fingerprint density at radius 3 is 2.71 bits per heavy atom. The molecule has 1 aromatic carbocycles. The number of benzene rings is 1. The molecule has 0 saturated heterocycles. The number of Topliss-reactive ketones (excluding diaryl/α,β-unsaturated/α-hetero) is 2. The van der Waals surface area contributed by atoms with Gasteiger partial charge in [-0.15, -0.1) is 11.8 Å². The number of thioether (sulfide) groups is 1. The highest BCUT2D eigenvalue weighted by atomic mass is 35.5. The lowest BCUT2D eigenvalue weighted by Crippen LogP contribution is -2.19. The summed E-state index contributed by atoms with van der Waals surface area (Å²) >= 11 is 7.86. The van der Waals surface area contributed by atoms with E-state index in [0.29, 0.717) is 18.4 Å². The summed E-state index contributed by atoms with van der Waals surface area (Å²) in [6.07, 6.45) is 2.16. The fraction of sp³-hybridized carbons (Fsp3) is 0.412. The van der Waals surface area contributed by atoms with Gasteiger partial charge in [0.2, 0.25) is 0 Å². The van der Waals surface area contributed by atoms with Gasteiger partial charge in [-0.1, -0.05) is 18.5 Å². The Balaban J connectivity index is 2.09. The second kappa shape index (κ2) is 6.65. The van der Waals surface area contributed by atoms with Crippen molar-refractivity contribution in [3.8, 4) is 0 Å². The van der Waals surface area contributed by atoms with E-state index in [0.717, 1.165) is 23.5 Å². The molecule has 1 aromatic rings. The van der Waals surface area contributed by atoms with Gasteiger partial charge in [-0.25, -0.2) is 8.42 Å². The zero-order valence-corrected chi connectivity index (χ0v) is 15.6. The minimum Gasteiger partial charge on any atom is -0.294 e. The smallest absolute Gasteiger partial charge is 0.198 e. The van der Waals surface area contributed by atoms with Crippen LogP contribution in [0.4, 0.5) is 0 Å². The third kappa shape index (κ3) is 2.95. The van der Waals surface area contributed by atoms with Crippen molar-refractivity contribution in [1.29, 1.82) is 0 Å². The molecule has 2 aliphatic rings. The molecule has 0 radical (unpaired) electrons. The van der Waals surface area contributed by atoms with Crippen molar-refractivity contribution in [1.82, 2.24) is 0 Å². The third-order valence-electron chi connectivity index (χ3n) is 4.31. The Bertz CT molecular complexity index is 869. The van der Waals surface area contributed by atoms with E-state index in [1.54, 1.807) is 0 Å². The number of allylic oxidation sites excluding steroid dienone is 2. The topological polar surface area (TPSA) is 68.3 Å². The van der Waals surface area contributed by atoms with E-state index in [-0.39, 0.29) is 38.4 Å². The number of carbonyl (C=O) groups excluding carboxylic acids is 2. The number of rotatable bonds is 4. The van der Waals surface area contributed by atoms with E-state index < -0.39 is 9.84 Å². The molecule has 0 unspecified atom stereocenters. The molecular weight excluding hydrogens is 368 g/mol. The molecule has 4 nitrogen and oxygen atoms in total. The molecular formula is C17H17ClO4S2. The first-order chi connectivity index (χ1) is 11.4. The maximum Gasteiger partial charge on any atom is 0.198 e. The van der Waals surface area contributed by atoms with Gasteiger partial charge in [0.15, 0.2) is 21.4 Å². The lowest BCUT2D eigenvalue weighted by atomic mass is 9.91. The SMILES string of the molecule is CCSC1=C(C(=O)c2ccc3c(c2Cl)CCS3(=O)=O)C(=O)CCC1. The largest absolute Gasteiger partial charge is 0.294 e. The number of hydrogen-bond donors (Lipinski definition) is 0. The fourth-order valence-corrected chi connectivity index (χ4v) is 6.11. The average molecular weight is 385 g/mol. The molecule has 24 heavy (non-hydrogen) atoms. The van der Waals surface area contributed by atoms with Crippen LogP contribution in [0.15, 0.2) is 27.5 Å². The first-order valence-electron chi connectivity index (χ1n) is 7.84. The zero-order chi connectivity index (χ0) is 17.5. The van der Waals surface area contributed by atoms with Crippen molar-refractivity contribution in [2.45, 2.75) is 37.5 Å². The first kappa shape index (κ1) is 17.7. The van der Waals surface area contributed by atoms with Crippen LogP contribution < -0.4 is 0 Å². The van der Waals surface area contributed by atoms with Gasteiger partial charge in [0.25, 0.3) is 0 Å². The summed E-state index contributed by atoms with van der Waals surface area (Å²) in [5, 5.41) is 0.172. The zero-order valence-electron chi connectivity index (χ0n) is 13.2. The molecule has 1 heterocycles. The van der Waals surface area contributed by atoms with Gasteiger partial charge in [0, 0.05) is 12.0 Å². The maximum atomic E-state index is 13.0. The quantitative estimate of drug-likeness (QED) is 0.585. The van der Waals surface area contributed by atoms with Gasteiger partial charge in [-0.2, -0.15) is 0 Å². The summed E-state index contributed by atoms with van der Waals surface area (Å²) in [6.45, 7) is 1.98. The Kier molecular flexibility index (Phi) is 4.91. The van der Waals surface area contributed by atoms with Gasteiger partial charge in [-0.05, 0) is 47.6 Å². The van der Waals surface area contributed by atoms with Gasteiger partial charge in [-0.3, -0.25) is 9.59 Å². The molecule has 128 valence electrons. The van der Waals surface area contributed by atoms with Crippen LogP contribution in [0.5, 0.6) is 0 Å². The van der Waals surface area contributed by atoms with Crippen LogP contribution in [-0.4, -0.2) is 31.5 Å². The molecule has 0 spiro atoms. The van der Waals surface area contributed by atoms with Crippen LogP contribution in [0.3, 0.4) is 0 Å². The van der Waals surface area contributed by atoms with Crippen molar-refractivity contribution in [2.75, 3.05) is 11.5 Å². The molecule has 0 aromatic heterocycles. The molecule has 0 amide bonds. The molecule has 3 rings (SSSR count). The molecule has 0 atom stereocenters. The van der Waals surface area contributed by atoms with E-state index in [1.807, 2.05) is 6.92 Å². The molecule has 0 N–H and O–H groups in total. The predicted molar refractivity (Wildman–Crippen MR) is 95.6 cm³/mol. The lowest BCUT2D eigenvalue weighted by molar-refractivity contribution is -0.115. The number of fused-ring (bicyclic) bond motifs is 1. The van der Waals surface area contributed by atoms with Gasteiger partial charge in [0.05, 0.1) is 21.2 Å². The summed E-state index contributed by atoms with van der Waals surface area (Å²) in [7, 11) is -3.30. The summed E-state index contributed by atoms with van der Waals surface area (Å²) in [4.78, 5) is 26.3. The van der Waals surface area contributed by atoms with Crippen LogP contribution in [-0.2, 0) is 21.1 Å². The van der Waals surface area contributed by atoms with Crippen LogP contribution in [0, 0.1) is 0 Å². The van der Waals surface area contributed by atoms with E-state index in [9.17, 15) is 18.0 Å². The average Bonchev–Trinajstić information content (AvgIpc) is 2.84. The van der Waals surface area contributed by atoms with Crippen molar-refractivity contribution in [3.05, 3.63) is 38.8 Å². The van der Waals surface area contributed by atoms with Gasteiger partial charge in [0.1, 0.15) is 0 Å². The summed E-state index contributed by atoms with van der Waals surface area (Å²) in [5.74, 6) is 0.271. The van der Waals surface area contributed by atoms with Crippen LogP contribution in [0.2, 0.25) is 5.02 Å². The van der Waals surface area contributed by atoms with Crippen molar-refractivity contribution in [3.63, 3.8) is 0 Å². The van der Waals surface area contributed by atoms with Crippen LogP contribution >= 0.6 is 23.4 Å². The van der Waals surface area contributed by atoms with Crippen molar-refractivity contribution >= 4 is 44.8 Å². The van der Waals surface area contributed by atoms with Gasteiger partial charge < -0.3 is 0 Å². The molecule has 1 aliphatic carbocycles. The van der Waals surface area contributed by atoms with E-state index >= 15 is 0 Å². The number of hydrogen-bond acceptors (Lipinski definition) is 5. The molecule has 0 fully saturated rings. The maximum absolute atomic E-state index is 13.0. The summed E-state index contributed by atoms with van der Waals surface area (Å²) in [5.41, 5.74) is 0.957. The van der Waals surface area contributed by atoms with Crippen molar-refractivity contribution < 1.29 is 18.0 Å². The second-order valence-electron chi connectivity index (χ2n) is 5.81. The number of halogens is 1. The highest BCUT2D eigenvalue weighted by molar-refractivity contribution is 8.03. The summed E-state index contributed by atoms with van der Waals surface area (Å²) < 4.78 is 23.9. The Morgan fingerprint density at radius 2 is 2.00 bits per heavy atom. The van der Waals surface area contributed by atoms with Gasteiger partial charge >= 0.3 is 0 Å². The molecule has 0 bridgehead atoms. The monoisotopic (exact) mass is 384 g/mol. The lowest BCUT2D eigenvalue weighted by Gasteiger charge is -2.18. The third-order valence-corrected chi connectivity index (χ3v) is 7.58. The summed E-state index contributed by atoms with van der Waals surface area (Å²) in [6, 6.07) is 2.88. The van der Waals surface area contributed by atoms with Crippen LogP contribution in [0.1, 0.15) is 42.1 Å². The highest BCUT2D eigenvalue weighted by Crippen LogP contribution is 2.37. The Labute approximate surface area is 150 Å². The first-order valence-corrected chi connectivity index (χ1v) is 10.9. The highest BCUT2D eigenvalue weighted by Gasteiger charge is 2.33. The molecule has 1 aliphatic heterocycles. The number of ketones is 2. The van der Waals surface area contributed by atoms with E-state index in [2.05, 4.69) is 0 Å². The normalized spacial score (nSPS) is 19.5. The van der Waals surface area contributed by atoms with E-state index in [1.165, 1.54) is 23.9 Å². The predicted octanol–water partition coefficient (Wildman–Crippen LogP) is 3.61. The minimum atomic E-state index is -3.30. The second-order valence-corrected chi connectivity index (χ2v) is 9.62. The Morgan fingerprint density at radius 1 is 1.25 bits per heavy atom.